The van der Waals surface area contributed by atoms with Gasteiger partial charge in [-0.05, 0) is 25.7 Å². The van der Waals surface area contributed by atoms with Crippen LogP contribution in [0.15, 0.2) is 11.7 Å². The van der Waals surface area contributed by atoms with E-state index in [9.17, 15) is 4.79 Å². The predicted molar refractivity (Wildman–Crippen MR) is 86.2 cm³/mol. The molecule has 2 aromatic rings. The summed E-state index contributed by atoms with van der Waals surface area (Å²) in [6, 6.07) is 0.306. The Hall–Kier alpha value is -1.80. The molecule has 0 spiro atoms. The first-order valence-electron chi connectivity index (χ1n) is 8.00. The number of hydrogen-bond donors (Lipinski definition) is 1. The molecule has 8 heteroatoms. The SMILES string of the molecule is Cc1ncsc1CN1CC(n2cc(C(=O)NCC3CC3)nn2)C1. The molecule has 2 aliphatic rings. The molecule has 0 unspecified atom stereocenters. The molecule has 0 bridgehead atoms. The Morgan fingerprint density at radius 2 is 2.26 bits per heavy atom. The van der Waals surface area contributed by atoms with Gasteiger partial charge in [-0.25, -0.2) is 9.67 Å². The maximum Gasteiger partial charge on any atom is 0.273 e. The Balaban J connectivity index is 1.28. The summed E-state index contributed by atoms with van der Waals surface area (Å²) in [4.78, 5) is 20.0. The lowest BCUT2D eigenvalue weighted by Crippen LogP contribution is -2.47. The highest BCUT2D eigenvalue weighted by Gasteiger charge is 2.30. The summed E-state index contributed by atoms with van der Waals surface area (Å²) >= 11 is 1.70. The second-order valence-electron chi connectivity index (χ2n) is 6.45. The first-order chi connectivity index (χ1) is 11.2. The minimum atomic E-state index is -0.111. The van der Waals surface area contributed by atoms with E-state index in [1.165, 1.54) is 17.7 Å². The van der Waals surface area contributed by atoms with Crippen molar-refractivity contribution in [1.82, 2.24) is 30.2 Å². The number of likely N-dealkylation sites (tertiary alicyclic amines) is 1. The van der Waals surface area contributed by atoms with E-state index in [2.05, 4.69) is 25.5 Å². The van der Waals surface area contributed by atoms with Gasteiger partial charge in [-0.1, -0.05) is 5.21 Å². The smallest absolute Gasteiger partial charge is 0.273 e. The van der Waals surface area contributed by atoms with Crippen molar-refractivity contribution in [3.8, 4) is 0 Å². The summed E-state index contributed by atoms with van der Waals surface area (Å²) in [5.74, 6) is 0.559. The largest absolute Gasteiger partial charge is 0.350 e. The van der Waals surface area contributed by atoms with Gasteiger partial charge in [0, 0.05) is 31.1 Å². The zero-order valence-electron chi connectivity index (χ0n) is 13.1. The maximum atomic E-state index is 12.0. The molecule has 1 N–H and O–H groups in total. The topological polar surface area (TPSA) is 75.9 Å². The Labute approximate surface area is 138 Å². The van der Waals surface area contributed by atoms with Gasteiger partial charge in [0.2, 0.25) is 0 Å². The second-order valence-corrected chi connectivity index (χ2v) is 7.39. The summed E-state index contributed by atoms with van der Waals surface area (Å²) in [6.45, 7) is 5.62. The Kier molecular flexibility index (Phi) is 3.86. The minimum absolute atomic E-state index is 0.111. The molecule has 3 heterocycles. The van der Waals surface area contributed by atoms with Crippen LogP contribution in [0.3, 0.4) is 0 Å². The number of nitrogens with one attached hydrogen (secondary N) is 1. The molecule has 1 amide bonds. The van der Waals surface area contributed by atoms with Gasteiger partial charge in [0.15, 0.2) is 5.69 Å². The fourth-order valence-corrected chi connectivity index (χ4v) is 3.55. The molecular formula is C15H20N6OS. The average molecular weight is 332 g/mol. The molecule has 0 atom stereocenters. The van der Waals surface area contributed by atoms with Crippen molar-refractivity contribution in [3.63, 3.8) is 0 Å². The first-order valence-corrected chi connectivity index (χ1v) is 8.88. The van der Waals surface area contributed by atoms with Crippen LogP contribution < -0.4 is 5.32 Å². The highest BCUT2D eigenvalue weighted by atomic mass is 32.1. The minimum Gasteiger partial charge on any atom is -0.350 e. The Bertz CT molecular complexity index is 700. The quantitative estimate of drug-likeness (QED) is 0.861. The summed E-state index contributed by atoms with van der Waals surface area (Å²) < 4.78 is 1.82. The third-order valence-corrected chi connectivity index (χ3v) is 5.44. The number of amides is 1. The number of hydrogen-bond acceptors (Lipinski definition) is 6. The van der Waals surface area contributed by atoms with E-state index in [1.54, 1.807) is 17.5 Å². The van der Waals surface area contributed by atoms with Crippen LogP contribution in [0.4, 0.5) is 0 Å². The molecule has 1 aliphatic carbocycles. The molecule has 122 valence electrons. The predicted octanol–water partition coefficient (Wildman–Crippen LogP) is 1.24. The molecule has 1 saturated carbocycles. The van der Waals surface area contributed by atoms with E-state index in [0.717, 1.165) is 31.9 Å². The molecule has 0 aromatic carbocycles. The van der Waals surface area contributed by atoms with Gasteiger partial charge in [0.1, 0.15) is 0 Å². The van der Waals surface area contributed by atoms with Gasteiger partial charge in [-0.2, -0.15) is 0 Å². The normalized spacial score (nSPS) is 18.8. The van der Waals surface area contributed by atoms with E-state index < -0.39 is 0 Å². The summed E-state index contributed by atoms with van der Waals surface area (Å²) in [5.41, 5.74) is 3.43. The Morgan fingerprint density at radius 3 is 2.96 bits per heavy atom. The highest BCUT2D eigenvalue weighted by molar-refractivity contribution is 7.09. The van der Waals surface area contributed by atoms with Gasteiger partial charge >= 0.3 is 0 Å². The number of nitrogens with zero attached hydrogens (tertiary/aromatic N) is 5. The van der Waals surface area contributed by atoms with Gasteiger partial charge in [-0.15, -0.1) is 16.4 Å². The van der Waals surface area contributed by atoms with Crippen LogP contribution in [0, 0.1) is 12.8 Å². The van der Waals surface area contributed by atoms with Crippen LogP contribution in [0.1, 0.15) is 39.9 Å². The molecule has 1 saturated heterocycles. The van der Waals surface area contributed by atoms with E-state index in [0.29, 0.717) is 17.7 Å². The van der Waals surface area contributed by atoms with Crippen LogP contribution in [-0.4, -0.2) is 50.4 Å². The van der Waals surface area contributed by atoms with Crippen molar-refractivity contribution in [1.29, 1.82) is 0 Å². The molecule has 1 aliphatic heterocycles. The summed E-state index contributed by atoms with van der Waals surface area (Å²) in [5, 5.41) is 11.1. The first kappa shape index (κ1) is 14.8. The van der Waals surface area contributed by atoms with Crippen LogP contribution in [0.25, 0.3) is 0 Å². The monoisotopic (exact) mass is 332 g/mol. The number of aromatic nitrogens is 4. The Morgan fingerprint density at radius 1 is 1.43 bits per heavy atom. The van der Waals surface area contributed by atoms with Crippen molar-refractivity contribution in [2.75, 3.05) is 19.6 Å². The molecule has 23 heavy (non-hydrogen) atoms. The average Bonchev–Trinajstić information content (AvgIpc) is 3.05. The molecule has 0 radical (unpaired) electrons. The zero-order valence-corrected chi connectivity index (χ0v) is 13.9. The molecular weight excluding hydrogens is 312 g/mol. The van der Waals surface area contributed by atoms with Crippen molar-refractivity contribution in [2.45, 2.75) is 32.4 Å². The van der Waals surface area contributed by atoms with E-state index in [4.69, 9.17) is 0 Å². The number of thiazole rings is 1. The van der Waals surface area contributed by atoms with Crippen LogP contribution in [0.2, 0.25) is 0 Å². The lowest BCUT2D eigenvalue weighted by atomic mass is 10.1. The van der Waals surface area contributed by atoms with Crippen molar-refractivity contribution in [2.24, 2.45) is 5.92 Å². The van der Waals surface area contributed by atoms with Crippen LogP contribution >= 0.6 is 11.3 Å². The van der Waals surface area contributed by atoms with Crippen molar-refractivity contribution in [3.05, 3.63) is 28.0 Å². The van der Waals surface area contributed by atoms with Crippen molar-refractivity contribution < 1.29 is 4.79 Å². The summed E-state index contributed by atoms with van der Waals surface area (Å²) in [7, 11) is 0. The third-order valence-electron chi connectivity index (χ3n) is 4.52. The molecule has 2 fully saturated rings. The lowest BCUT2D eigenvalue weighted by molar-refractivity contribution is 0.0903. The van der Waals surface area contributed by atoms with E-state index >= 15 is 0 Å². The van der Waals surface area contributed by atoms with Crippen molar-refractivity contribution >= 4 is 17.2 Å². The summed E-state index contributed by atoms with van der Waals surface area (Å²) in [6.07, 6.45) is 4.22. The van der Waals surface area contributed by atoms with Crippen LogP contribution in [0.5, 0.6) is 0 Å². The second kappa shape index (κ2) is 6.01. The van der Waals surface area contributed by atoms with Gasteiger partial charge < -0.3 is 5.32 Å². The number of carbonyl (C=O) groups is 1. The third kappa shape index (κ3) is 3.28. The van der Waals surface area contributed by atoms with Gasteiger partial charge in [0.05, 0.1) is 23.4 Å². The fourth-order valence-electron chi connectivity index (χ4n) is 2.73. The molecule has 4 rings (SSSR count). The standard InChI is InChI=1S/C15H20N6OS/c1-10-14(23-9-17-10)8-20-5-12(6-20)21-7-13(18-19-21)15(22)16-4-11-2-3-11/h7,9,11-12H,2-6,8H2,1H3,(H,16,22). The number of aryl methyl sites for hydroxylation is 1. The van der Waals surface area contributed by atoms with Gasteiger partial charge in [-0.3, -0.25) is 9.69 Å². The lowest BCUT2D eigenvalue weighted by Gasteiger charge is -2.38. The van der Waals surface area contributed by atoms with Crippen LogP contribution in [-0.2, 0) is 6.54 Å². The fraction of sp³-hybridized carbons (Fsp3) is 0.600. The van der Waals surface area contributed by atoms with E-state index in [1.807, 2.05) is 17.1 Å². The van der Waals surface area contributed by atoms with E-state index in [-0.39, 0.29) is 5.91 Å². The highest BCUT2D eigenvalue weighted by Crippen LogP contribution is 2.27. The maximum absolute atomic E-state index is 12.0. The van der Waals surface area contributed by atoms with Gasteiger partial charge in [0.25, 0.3) is 5.91 Å². The molecule has 2 aromatic heterocycles. The number of rotatable bonds is 6. The molecule has 7 nitrogen and oxygen atoms in total. The zero-order chi connectivity index (χ0) is 15.8. The number of carbonyl (C=O) groups excluding carboxylic acids is 1.